The van der Waals surface area contributed by atoms with Crippen LogP contribution in [0.4, 0.5) is 4.39 Å². The number of carbonyl (C=O) groups excluding carboxylic acids is 1. The molecular formula is C28H23Cl2FN2O3S. The van der Waals surface area contributed by atoms with Crippen molar-refractivity contribution >= 4 is 56.1 Å². The van der Waals surface area contributed by atoms with Gasteiger partial charge in [0.05, 0.1) is 10.4 Å². The number of sulfonamides is 1. The predicted octanol–water partition coefficient (Wildman–Crippen LogP) is 6.53. The number of carbonyl (C=O) groups is 1. The largest absolute Gasteiger partial charge is 0.339 e. The summed E-state index contributed by atoms with van der Waals surface area (Å²) in [6.07, 6.45) is 6.92. The van der Waals surface area contributed by atoms with E-state index >= 15 is 0 Å². The molecule has 5 nitrogen and oxygen atoms in total. The maximum Gasteiger partial charge on any atom is 0.264 e. The van der Waals surface area contributed by atoms with Gasteiger partial charge in [0.15, 0.2) is 0 Å². The van der Waals surface area contributed by atoms with E-state index in [0.29, 0.717) is 16.6 Å². The first kappa shape index (κ1) is 25.5. The lowest BCUT2D eigenvalue weighted by Crippen LogP contribution is -2.28. The van der Waals surface area contributed by atoms with Gasteiger partial charge in [-0.25, -0.2) is 17.5 Å². The SMILES string of the molecule is O=C(/C=C/c1cccc2c3c(n(Cc4ccc(Cl)cc4Cl)c12)CCCC3)NS(=O)(=O)c1ccc(F)cc1. The molecule has 9 heteroatoms. The van der Waals surface area contributed by atoms with Crippen molar-refractivity contribution in [2.45, 2.75) is 37.1 Å². The van der Waals surface area contributed by atoms with E-state index in [1.807, 2.05) is 29.0 Å². The summed E-state index contributed by atoms with van der Waals surface area (Å²) in [5, 5.41) is 2.26. The van der Waals surface area contributed by atoms with Crippen LogP contribution in [0.25, 0.3) is 17.0 Å². The van der Waals surface area contributed by atoms with Crippen LogP contribution < -0.4 is 4.72 Å². The lowest BCUT2D eigenvalue weighted by Gasteiger charge is -2.17. The number of hydrogen-bond donors (Lipinski definition) is 1. The van der Waals surface area contributed by atoms with E-state index in [1.165, 1.54) is 17.3 Å². The van der Waals surface area contributed by atoms with Crippen LogP contribution in [0.1, 0.15) is 35.2 Å². The zero-order valence-electron chi connectivity index (χ0n) is 19.7. The molecule has 1 aromatic heterocycles. The third kappa shape index (κ3) is 5.30. The topological polar surface area (TPSA) is 68.2 Å². The van der Waals surface area contributed by atoms with Crippen LogP contribution in [-0.4, -0.2) is 18.9 Å². The number of amides is 1. The summed E-state index contributed by atoms with van der Waals surface area (Å²) in [5.74, 6) is -1.37. The number of para-hydroxylation sites is 1. The maximum atomic E-state index is 13.2. The summed E-state index contributed by atoms with van der Waals surface area (Å²) < 4.78 is 42.4. The quantitative estimate of drug-likeness (QED) is 0.274. The van der Waals surface area contributed by atoms with Crippen molar-refractivity contribution < 1.29 is 17.6 Å². The number of rotatable bonds is 6. The Kier molecular flexibility index (Phi) is 7.12. The smallest absolute Gasteiger partial charge is 0.264 e. The van der Waals surface area contributed by atoms with Crippen molar-refractivity contribution in [2.75, 3.05) is 0 Å². The lowest BCUT2D eigenvalue weighted by atomic mass is 9.95. The molecule has 1 heterocycles. The Labute approximate surface area is 224 Å². The fourth-order valence-corrected chi connectivity index (χ4v) is 6.27. The lowest BCUT2D eigenvalue weighted by molar-refractivity contribution is -0.114. The standard InChI is InChI=1S/C28H23Cl2FN2O3S/c29-20-10-8-19(25(30)16-20)17-33-26-7-2-1-5-23(26)24-6-3-4-18(28(24)33)9-15-27(34)32-37(35,36)22-13-11-21(31)12-14-22/h3-4,6,8-16H,1-2,5,7,17H2,(H,32,34)/b15-9+. The van der Waals surface area contributed by atoms with Crippen LogP contribution in [-0.2, 0) is 34.2 Å². The van der Waals surface area contributed by atoms with Gasteiger partial charge in [-0.1, -0.05) is 47.5 Å². The highest BCUT2D eigenvalue weighted by molar-refractivity contribution is 7.90. The molecule has 0 saturated heterocycles. The molecule has 0 atom stereocenters. The van der Waals surface area contributed by atoms with E-state index in [-0.39, 0.29) is 4.90 Å². The second kappa shape index (κ2) is 10.3. The molecule has 4 aromatic rings. The Morgan fingerprint density at radius 2 is 1.78 bits per heavy atom. The normalized spacial score (nSPS) is 13.7. The summed E-state index contributed by atoms with van der Waals surface area (Å²) in [6, 6.07) is 15.6. The van der Waals surface area contributed by atoms with Gasteiger partial charge in [-0.05, 0) is 84.8 Å². The van der Waals surface area contributed by atoms with Crippen LogP contribution in [0.15, 0.2) is 71.6 Å². The number of nitrogens with zero attached hydrogens (tertiary/aromatic N) is 1. The molecule has 1 N–H and O–H groups in total. The minimum atomic E-state index is -4.13. The molecule has 0 spiro atoms. The predicted molar refractivity (Wildman–Crippen MR) is 145 cm³/mol. The molecule has 190 valence electrons. The molecular weight excluding hydrogens is 534 g/mol. The molecule has 1 aliphatic carbocycles. The third-order valence-corrected chi connectivity index (χ3v) is 8.49. The van der Waals surface area contributed by atoms with Crippen molar-refractivity contribution in [2.24, 2.45) is 0 Å². The summed E-state index contributed by atoms with van der Waals surface area (Å²) in [5.41, 5.74) is 5.22. The number of halogens is 3. The van der Waals surface area contributed by atoms with Gasteiger partial charge in [-0.15, -0.1) is 0 Å². The summed E-state index contributed by atoms with van der Waals surface area (Å²) in [7, 11) is -4.13. The van der Waals surface area contributed by atoms with E-state index in [2.05, 4.69) is 10.6 Å². The van der Waals surface area contributed by atoms with Crippen molar-refractivity contribution in [3.63, 3.8) is 0 Å². The van der Waals surface area contributed by atoms with Gasteiger partial charge in [0.25, 0.3) is 15.9 Å². The Morgan fingerprint density at radius 1 is 1.03 bits per heavy atom. The van der Waals surface area contributed by atoms with Crippen LogP contribution in [0.2, 0.25) is 10.0 Å². The van der Waals surface area contributed by atoms with Gasteiger partial charge in [0.2, 0.25) is 0 Å². The molecule has 3 aromatic carbocycles. The Hall–Kier alpha value is -3.13. The van der Waals surface area contributed by atoms with Gasteiger partial charge >= 0.3 is 0 Å². The van der Waals surface area contributed by atoms with Crippen molar-refractivity contribution in [3.05, 3.63) is 105 Å². The molecule has 0 unspecified atom stereocenters. The average Bonchev–Trinajstić information content (AvgIpc) is 3.18. The first-order valence-corrected chi connectivity index (χ1v) is 14.0. The Bertz CT molecular complexity index is 1640. The average molecular weight is 557 g/mol. The Balaban J connectivity index is 1.51. The highest BCUT2D eigenvalue weighted by atomic mass is 35.5. The number of hydrogen-bond acceptors (Lipinski definition) is 3. The second-order valence-electron chi connectivity index (χ2n) is 8.95. The molecule has 0 radical (unpaired) electrons. The molecule has 0 fully saturated rings. The number of aryl methyl sites for hydroxylation is 1. The second-order valence-corrected chi connectivity index (χ2v) is 11.5. The van der Waals surface area contributed by atoms with E-state index in [0.717, 1.165) is 72.0 Å². The Morgan fingerprint density at radius 3 is 2.54 bits per heavy atom. The highest BCUT2D eigenvalue weighted by Crippen LogP contribution is 2.36. The van der Waals surface area contributed by atoms with E-state index in [9.17, 15) is 17.6 Å². The molecule has 37 heavy (non-hydrogen) atoms. The first-order chi connectivity index (χ1) is 17.7. The number of aromatic nitrogens is 1. The molecule has 5 rings (SSSR count). The minimum Gasteiger partial charge on any atom is -0.339 e. The van der Waals surface area contributed by atoms with Crippen LogP contribution in [0.3, 0.4) is 0 Å². The molecule has 1 aliphatic rings. The van der Waals surface area contributed by atoms with Crippen molar-refractivity contribution in [1.82, 2.24) is 9.29 Å². The van der Waals surface area contributed by atoms with E-state index in [4.69, 9.17) is 23.2 Å². The third-order valence-electron chi connectivity index (χ3n) is 6.54. The maximum absolute atomic E-state index is 13.2. The number of fused-ring (bicyclic) bond motifs is 3. The highest BCUT2D eigenvalue weighted by Gasteiger charge is 2.22. The summed E-state index contributed by atoms with van der Waals surface area (Å²) >= 11 is 12.6. The van der Waals surface area contributed by atoms with E-state index in [1.54, 1.807) is 12.1 Å². The van der Waals surface area contributed by atoms with Gasteiger partial charge in [0, 0.05) is 33.7 Å². The van der Waals surface area contributed by atoms with Gasteiger partial charge in [0.1, 0.15) is 5.82 Å². The molecule has 1 amide bonds. The zero-order valence-corrected chi connectivity index (χ0v) is 22.0. The fraction of sp³-hybridized carbons (Fsp3) is 0.179. The van der Waals surface area contributed by atoms with Gasteiger partial charge in [-0.2, -0.15) is 0 Å². The first-order valence-electron chi connectivity index (χ1n) is 11.8. The van der Waals surface area contributed by atoms with Crippen LogP contribution in [0, 0.1) is 5.82 Å². The van der Waals surface area contributed by atoms with Gasteiger partial charge < -0.3 is 4.57 Å². The zero-order chi connectivity index (χ0) is 26.2. The van der Waals surface area contributed by atoms with Crippen LogP contribution >= 0.6 is 23.2 Å². The number of nitrogens with one attached hydrogen (secondary N) is 1. The van der Waals surface area contributed by atoms with Crippen molar-refractivity contribution in [3.8, 4) is 0 Å². The monoisotopic (exact) mass is 556 g/mol. The van der Waals surface area contributed by atoms with Crippen LogP contribution in [0.5, 0.6) is 0 Å². The summed E-state index contributed by atoms with van der Waals surface area (Å²) in [4.78, 5) is 12.4. The van der Waals surface area contributed by atoms with Crippen molar-refractivity contribution in [1.29, 1.82) is 0 Å². The summed E-state index contributed by atoms with van der Waals surface area (Å²) in [6.45, 7) is 0.540. The number of benzene rings is 3. The molecule has 0 bridgehead atoms. The molecule has 0 aliphatic heterocycles. The van der Waals surface area contributed by atoms with Gasteiger partial charge in [-0.3, -0.25) is 4.79 Å². The minimum absolute atomic E-state index is 0.195. The fourth-order valence-electron chi connectivity index (χ4n) is 4.85. The van der Waals surface area contributed by atoms with E-state index < -0.39 is 21.7 Å². The molecule has 0 saturated carbocycles.